The van der Waals surface area contributed by atoms with E-state index in [1.54, 1.807) is 0 Å². The molecule has 0 bridgehead atoms. The molecule has 2 unspecified atom stereocenters. The molecule has 1 aliphatic carbocycles. The maximum absolute atomic E-state index is 6.40. The van der Waals surface area contributed by atoms with Crippen LogP contribution in [-0.2, 0) is 11.3 Å². The highest BCUT2D eigenvalue weighted by atomic mass is 35.5. The Bertz CT molecular complexity index is 450. The molecule has 19 heavy (non-hydrogen) atoms. The van der Waals surface area contributed by atoms with Crippen molar-refractivity contribution in [3.05, 3.63) is 28.8 Å². The average Bonchev–Trinajstić information content (AvgIpc) is 3.14. The molecule has 104 valence electrons. The molecule has 4 heteroatoms. The topological polar surface area (TPSA) is 21.3 Å². The van der Waals surface area contributed by atoms with Crippen LogP contribution in [0.3, 0.4) is 0 Å². The predicted molar refractivity (Wildman–Crippen MR) is 81.0 cm³/mol. The van der Waals surface area contributed by atoms with Crippen LogP contribution in [0.5, 0.6) is 0 Å². The molecular formula is C15H20ClNOS. The third-order valence-corrected chi connectivity index (χ3v) is 5.85. The molecule has 1 saturated carbocycles. The molecular weight excluding hydrogens is 278 g/mol. The molecule has 0 amide bonds. The van der Waals surface area contributed by atoms with E-state index in [1.807, 2.05) is 23.9 Å². The third kappa shape index (κ3) is 3.46. The van der Waals surface area contributed by atoms with Gasteiger partial charge in [0.05, 0.1) is 11.1 Å². The fourth-order valence-electron chi connectivity index (χ4n) is 2.38. The van der Waals surface area contributed by atoms with Crippen molar-refractivity contribution in [3.8, 4) is 0 Å². The number of hydrogen-bond donors (Lipinski definition) is 1. The first-order chi connectivity index (χ1) is 9.24. The Morgan fingerprint density at radius 1 is 1.37 bits per heavy atom. The number of benzene rings is 1. The molecule has 0 spiro atoms. The van der Waals surface area contributed by atoms with Crippen molar-refractivity contribution in [2.75, 3.05) is 6.61 Å². The Hall–Kier alpha value is -0.220. The lowest BCUT2D eigenvalue weighted by Crippen LogP contribution is -2.17. The number of ether oxygens (including phenoxy) is 1. The van der Waals surface area contributed by atoms with Crippen LogP contribution in [0.2, 0.25) is 5.02 Å². The summed E-state index contributed by atoms with van der Waals surface area (Å²) in [5.41, 5.74) is 1.32. The molecule has 1 saturated heterocycles. The average molecular weight is 298 g/mol. The van der Waals surface area contributed by atoms with E-state index >= 15 is 0 Å². The van der Waals surface area contributed by atoms with E-state index in [4.69, 9.17) is 16.3 Å². The molecule has 1 heterocycles. The van der Waals surface area contributed by atoms with Crippen LogP contribution in [0, 0.1) is 0 Å². The van der Waals surface area contributed by atoms with Gasteiger partial charge in [-0.05, 0) is 37.8 Å². The lowest BCUT2D eigenvalue weighted by atomic mass is 10.2. The first-order valence-electron chi connectivity index (χ1n) is 7.03. The molecule has 1 aromatic rings. The van der Waals surface area contributed by atoms with E-state index in [2.05, 4.69) is 18.3 Å². The van der Waals surface area contributed by atoms with E-state index < -0.39 is 0 Å². The Labute approximate surface area is 124 Å². The van der Waals surface area contributed by atoms with E-state index in [9.17, 15) is 0 Å². The standard InChI is InChI=1S/C15H20ClNOS/c1-10-14(7-8-18-10)19-15-11(3-2-4-13(15)16)9-17-12-5-6-12/h2-4,10,12,14,17H,5-9H2,1H3. The second-order valence-corrected chi connectivity index (χ2v) is 7.06. The van der Waals surface area contributed by atoms with Crippen molar-refractivity contribution in [1.29, 1.82) is 0 Å². The molecule has 1 aliphatic heterocycles. The second-order valence-electron chi connectivity index (χ2n) is 5.40. The van der Waals surface area contributed by atoms with Crippen molar-refractivity contribution < 1.29 is 4.74 Å². The summed E-state index contributed by atoms with van der Waals surface area (Å²) in [6, 6.07) is 6.95. The van der Waals surface area contributed by atoms with Crippen LogP contribution in [0.4, 0.5) is 0 Å². The summed E-state index contributed by atoms with van der Waals surface area (Å²) >= 11 is 8.28. The van der Waals surface area contributed by atoms with Gasteiger partial charge in [-0.15, -0.1) is 11.8 Å². The smallest absolute Gasteiger partial charge is 0.0669 e. The minimum Gasteiger partial charge on any atom is -0.377 e. The maximum atomic E-state index is 6.40. The predicted octanol–water partition coefficient (Wildman–Crippen LogP) is 3.86. The second kappa shape index (κ2) is 6.04. The van der Waals surface area contributed by atoms with Gasteiger partial charge in [0, 0.05) is 29.3 Å². The molecule has 3 rings (SSSR count). The quantitative estimate of drug-likeness (QED) is 0.892. The van der Waals surface area contributed by atoms with Gasteiger partial charge in [-0.1, -0.05) is 23.7 Å². The van der Waals surface area contributed by atoms with Crippen LogP contribution < -0.4 is 5.32 Å². The lowest BCUT2D eigenvalue weighted by Gasteiger charge is -2.17. The summed E-state index contributed by atoms with van der Waals surface area (Å²) in [7, 11) is 0. The molecule has 2 nitrogen and oxygen atoms in total. The lowest BCUT2D eigenvalue weighted by molar-refractivity contribution is 0.127. The van der Waals surface area contributed by atoms with Crippen molar-refractivity contribution in [2.24, 2.45) is 0 Å². The van der Waals surface area contributed by atoms with Crippen molar-refractivity contribution in [3.63, 3.8) is 0 Å². The minimum absolute atomic E-state index is 0.325. The molecule has 2 aliphatic rings. The molecule has 0 radical (unpaired) electrons. The molecule has 0 aromatic heterocycles. The fourth-order valence-corrected chi connectivity index (χ4v) is 3.97. The van der Waals surface area contributed by atoms with E-state index in [-0.39, 0.29) is 0 Å². The molecule has 2 fully saturated rings. The van der Waals surface area contributed by atoms with Gasteiger partial charge >= 0.3 is 0 Å². The highest BCUT2D eigenvalue weighted by molar-refractivity contribution is 8.00. The Kier molecular flexibility index (Phi) is 4.37. The monoisotopic (exact) mass is 297 g/mol. The Morgan fingerprint density at radius 2 is 2.21 bits per heavy atom. The van der Waals surface area contributed by atoms with Gasteiger partial charge < -0.3 is 10.1 Å². The van der Waals surface area contributed by atoms with Crippen molar-refractivity contribution >= 4 is 23.4 Å². The number of hydrogen-bond acceptors (Lipinski definition) is 3. The van der Waals surface area contributed by atoms with Gasteiger partial charge in [0.1, 0.15) is 0 Å². The number of thioether (sulfide) groups is 1. The van der Waals surface area contributed by atoms with Crippen LogP contribution in [0.15, 0.2) is 23.1 Å². The number of rotatable bonds is 5. The van der Waals surface area contributed by atoms with Gasteiger partial charge in [0.15, 0.2) is 0 Å². The zero-order valence-electron chi connectivity index (χ0n) is 11.2. The zero-order chi connectivity index (χ0) is 13.2. The normalized spacial score (nSPS) is 26.8. The largest absolute Gasteiger partial charge is 0.377 e. The Morgan fingerprint density at radius 3 is 2.89 bits per heavy atom. The molecule has 2 atom stereocenters. The molecule has 1 aromatic carbocycles. The first-order valence-corrected chi connectivity index (χ1v) is 8.29. The van der Waals surface area contributed by atoms with Gasteiger partial charge in [0.25, 0.3) is 0 Å². The third-order valence-electron chi connectivity index (χ3n) is 3.78. The summed E-state index contributed by atoms with van der Waals surface area (Å²) in [4.78, 5) is 1.24. The van der Waals surface area contributed by atoms with E-state index in [0.717, 1.165) is 30.6 Å². The van der Waals surface area contributed by atoms with Crippen molar-refractivity contribution in [2.45, 2.75) is 55.0 Å². The van der Waals surface area contributed by atoms with Crippen LogP contribution in [0.1, 0.15) is 31.7 Å². The summed E-state index contributed by atoms with van der Waals surface area (Å²) < 4.78 is 5.65. The number of halogens is 1. The summed E-state index contributed by atoms with van der Waals surface area (Å²) in [5.74, 6) is 0. The van der Waals surface area contributed by atoms with Crippen molar-refractivity contribution in [1.82, 2.24) is 5.32 Å². The van der Waals surface area contributed by atoms with Gasteiger partial charge in [-0.2, -0.15) is 0 Å². The van der Waals surface area contributed by atoms with Crippen LogP contribution in [-0.4, -0.2) is 24.0 Å². The minimum atomic E-state index is 0.325. The molecule has 1 N–H and O–H groups in total. The zero-order valence-corrected chi connectivity index (χ0v) is 12.8. The van der Waals surface area contributed by atoms with E-state index in [0.29, 0.717) is 11.4 Å². The maximum Gasteiger partial charge on any atom is 0.0669 e. The number of nitrogens with one attached hydrogen (secondary N) is 1. The van der Waals surface area contributed by atoms with Crippen LogP contribution >= 0.6 is 23.4 Å². The Balaban J connectivity index is 1.73. The van der Waals surface area contributed by atoms with Gasteiger partial charge in [-0.25, -0.2) is 0 Å². The highest BCUT2D eigenvalue weighted by Gasteiger charge is 2.27. The van der Waals surface area contributed by atoms with E-state index in [1.165, 1.54) is 23.3 Å². The SMILES string of the molecule is CC1OCCC1Sc1c(Cl)cccc1CNC1CC1. The summed E-state index contributed by atoms with van der Waals surface area (Å²) in [6.07, 6.45) is 4.07. The first kappa shape index (κ1) is 13.7. The highest BCUT2D eigenvalue weighted by Crippen LogP contribution is 2.38. The summed E-state index contributed by atoms with van der Waals surface area (Å²) in [6.45, 7) is 3.96. The fraction of sp³-hybridized carbons (Fsp3) is 0.600. The van der Waals surface area contributed by atoms with Gasteiger partial charge in [-0.3, -0.25) is 0 Å². The van der Waals surface area contributed by atoms with Crippen LogP contribution in [0.25, 0.3) is 0 Å². The van der Waals surface area contributed by atoms with Gasteiger partial charge in [0.2, 0.25) is 0 Å². The summed E-state index contributed by atoms with van der Waals surface area (Å²) in [5, 5.41) is 4.98.